The van der Waals surface area contributed by atoms with E-state index in [2.05, 4.69) is 5.32 Å². The Morgan fingerprint density at radius 1 is 1.50 bits per heavy atom. The maximum Gasteiger partial charge on any atom is 0.250 e. The number of carbonyl (C=O) groups excluding carboxylic acids is 1. The Balaban J connectivity index is 2.03. The normalized spacial score (nSPS) is 15.6. The third-order valence-electron chi connectivity index (χ3n) is 3.05. The highest BCUT2D eigenvalue weighted by molar-refractivity contribution is 6.33. The Morgan fingerprint density at radius 3 is 2.81 bits per heavy atom. The van der Waals surface area contributed by atoms with Crippen LogP contribution in [0, 0.1) is 5.92 Å². The van der Waals surface area contributed by atoms with Crippen molar-refractivity contribution in [1.29, 1.82) is 0 Å². The van der Waals surface area contributed by atoms with Crippen LogP contribution >= 0.6 is 11.6 Å². The summed E-state index contributed by atoms with van der Waals surface area (Å²) in [6.07, 6.45) is 3.92. The zero-order valence-corrected chi connectivity index (χ0v) is 9.76. The number of nitrogens with two attached hydrogens (primary N) is 1. The molecular weight excluding hydrogens is 224 g/mol. The number of benzene rings is 1. The van der Waals surface area contributed by atoms with Crippen LogP contribution in [0.3, 0.4) is 0 Å². The highest BCUT2D eigenvalue weighted by Gasteiger charge is 2.17. The zero-order valence-electron chi connectivity index (χ0n) is 9.00. The van der Waals surface area contributed by atoms with E-state index in [9.17, 15) is 4.79 Å². The molecule has 0 spiro atoms. The van der Waals surface area contributed by atoms with Crippen molar-refractivity contribution in [2.75, 3.05) is 11.9 Å². The number of carbonyl (C=O) groups is 1. The van der Waals surface area contributed by atoms with Crippen molar-refractivity contribution in [1.82, 2.24) is 0 Å². The molecule has 0 bridgehead atoms. The summed E-state index contributed by atoms with van der Waals surface area (Å²) in [7, 11) is 0. The molecular formula is C12H15ClN2O. The highest BCUT2D eigenvalue weighted by Crippen LogP contribution is 2.27. The molecule has 0 aliphatic heterocycles. The molecule has 1 saturated carbocycles. The molecule has 0 aromatic heterocycles. The molecule has 0 radical (unpaired) electrons. The third kappa shape index (κ3) is 2.47. The van der Waals surface area contributed by atoms with Crippen molar-refractivity contribution in [2.45, 2.75) is 19.3 Å². The molecule has 1 aliphatic carbocycles. The second-order valence-electron chi connectivity index (χ2n) is 4.24. The number of halogens is 1. The molecule has 0 unspecified atom stereocenters. The minimum atomic E-state index is -0.489. The van der Waals surface area contributed by atoms with Gasteiger partial charge in [0.1, 0.15) is 0 Å². The number of hydrogen-bond donors (Lipinski definition) is 2. The summed E-state index contributed by atoms with van der Waals surface area (Å²) < 4.78 is 0. The predicted molar refractivity (Wildman–Crippen MR) is 65.8 cm³/mol. The van der Waals surface area contributed by atoms with Crippen molar-refractivity contribution in [3.8, 4) is 0 Å². The van der Waals surface area contributed by atoms with Gasteiger partial charge in [-0.25, -0.2) is 0 Å². The van der Waals surface area contributed by atoms with E-state index >= 15 is 0 Å². The van der Waals surface area contributed by atoms with Gasteiger partial charge >= 0.3 is 0 Å². The average molecular weight is 239 g/mol. The van der Waals surface area contributed by atoms with E-state index in [4.69, 9.17) is 17.3 Å². The van der Waals surface area contributed by atoms with Gasteiger partial charge in [0.25, 0.3) is 0 Å². The molecule has 1 aliphatic rings. The summed E-state index contributed by atoms with van der Waals surface area (Å²) in [5, 5.41) is 3.71. The average Bonchev–Trinajstić information content (AvgIpc) is 2.17. The zero-order chi connectivity index (χ0) is 11.5. The maximum absolute atomic E-state index is 11.1. The van der Waals surface area contributed by atoms with Crippen LogP contribution in [-0.4, -0.2) is 12.5 Å². The molecule has 1 aromatic carbocycles. The third-order valence-corrected chi connectivity index (χ3v) is 3.38. The molecule has 1 aromatic rings. The predicted octanol–water partition coefficient (Wildman–Crippen LogP) is 2.65. The summed E-state index contributed by atoms with van der Waals surface area (Å²) in [4.78, 5) is 11.1. The molecule has 0 saturated heterocycles. The van der Waals surface area contributed by atoms with E-state index in [1.807, 2.05) is 6.07 Å². The fourth-order valence-electron chi connectivity index (χ4n) is 1.78. The molecule has 16 heavy (non-hydrogen) atoms. The van der Waals surface area contributed by atoms with Gasteiger partial charge in [0.2, 0.25) is 5.91 Å². The van der Waals surface area contributed by atoms with Crippen LogP contribution in [0.15, 0.2) is 18.2 Å². The smallest absolute Gasteiger partial charge is 0.250 e. The topological polar surface area (TPSA) is 55.1 Å². The molecule has 0 atom stereocenters. The van der Waals surface area contributed by atoms with Crippen LogP contribution in [0.25, 0.3) is 0 Å². The number of hydrogen-bond acceptors (Lipinski definition) is 2. The van der Waals surface area contributed by atoms with Crippen molar-refractivity contribution in [2.24, 2.45) is 11.7 Å². The van der Waals surface area contributed by atoms with E-state index in [0.29, 0.717) is 10.6 Å². The second kappa shape index (κ2) is 4.74. The summed E-state index contributed by atoms with van der Waals surface area (Å²) in [6, 6.07) is 5.28. The van der Waals surface area contributed by atoms with Gasteiger partial charge in [0.15, 0.2) is 0 Å². The molecule has 2 rings (SSSR count). The summed E-state index contributed by atoms with van der Waals surface area (Å²) in [5.41, 5.74) is 6.51. The van der Waals surface area contributed by atoms with Gasteiger partial charge in [-0.1, -0.05) is 18.0 Å². The van der Waals surface area contributed by atoms with Crippen molar-refractivity contribution in [3.63, 3.8) is 0 Å². The van der Waals surface area contributed by atoms with Gasteiger partial charge < -0.3 is 11.1 Å². The number of primary amides is 1. The lowest BCUT2D eigenvalue weighted by Gasteiger charge is -2.25. The fourth-order valence-corrected chi connectivity index (χ4v) is 1.99. The summed E-state index contributed by atoms with van der Waals surface area (Å²) >= 11 is 5.86. The monoisotopic (exact) mass is 238 g/mol. The maximum atomic E-state index is 11.1. The SMILES string of the molecule is NC(=O)c1cc(NCC2CCC2)ccc1Cl. The largest absolute Gasteiger partial charge is 0.385 e. The van der Waals surface area contributed by atoms with Crippen LogP contribution in [0.4, 0.5) is 5.69 Å². The van der Waals surface area contributed by atoms with E-state index in [1.165, 1.54) is 19.3 Å². The summed E-state index contributed by atoms with van der Waals surface area (Å²) in [5.74, 6) is 0.282. The molecule has 86 valence electrons. The van der Waals surface area contributed by atoms with Gasteiger partial charge in [0.05, 0.1) is 10.6 Å². The fraction of sp³-hybridized carbons (Fsp3) is 0.417. The minimum absolute atomic E-state index is 0.375. The number of rotatable bonds is 4. The van der Waals surface area contributed by atoms with Crippen LogP contribution in [-0.2, 0) is 0 Å². The lowest BCUT2D eigenvalue weighted by Crippen LogP contribution is -2.21. The molecule has 0 heterocycles. The van der Waals surface area contributed by atoms with Crippen LogP contribution in [0.5, 0.6) is 0 Å². The van der Waals surface area contributed by atoms with E-state index in [1.54, 1.807) is 12.1 Å². The number of nitrogens with one attached hydrogen (secondary N) is 1. The Labute approximate surface area is 100.0 Å². The number of amides is 1. The van der Waals surface area contributed by atoms with Crippen LogP contribution in [0.2, 0.25) is 5.02 Å². The molecule has 4 heteroatoms. The van der Waals surface area contributed by atoms with Crippen molar-refractivity contribution < 1.29 is 4.79 Å². The second-order valence-corrected chi connectivity index (χ2v) is 4.64. The summed E-state index contributed by atoms with van der Waals surface area (Å²) in [6.45, 7) is 0.958. The standard InChI is InChI=1S/C12H15ClN2O/c13-11-5-4-9(6-10(11)12(14)16)15-7-8-2-1-3-8/h4-6,8,15H,1-3,7H2,(H2,14,16). The minimum Gasteiger partial charge on any atom is -0.385 e. The van der Waals surface area contributed by atoms with Crippen molar-refractivity contribution >= 4 is 23.2 Å². The first-order valence-corrected chi connectivity index (χ1v) is 5.88. The number of anilines is 1. The Kier molecular flexibility index (Phi) is 3.34. The van der Waals surface area contributed by atoms with Crippen molar-refractivity contribution in [3.05, 3.63) is 28.8 Å². The first-order valence-electron chi connectivity index (χ1n) is 5.50. The quantitative estimate of drug-likeness (QED) is 0.847. The first-order chi connectivity index (χ1) is 7.66. The lowest BCUT2D eigenvalue weighted by atomic mass is 9.85. The Hall–Kier alpha value is -1.22. The lowest BCUT2D eigenvalue weighted by molar-refractivity contribution is 0.100. The van der Waals surface area contributed by atoms with E-state index in [0.717, 1.165) is 18.2 Å². The van der Waals surface area contributed by atoms with Gasteiger partial charge in [0, 0.05) is 12.2 Å². The molecule has 1 fully saturated rings. The van der Waals surface area contributed by atoms with Crippen LogP contribution in [0.1, 0.15) is 29.6 Å². The highest BCUT2D eigenvalue weighted by atomic mass is 35.5. The first kappa shape index (κ1) is 11.3. The van der Waals surface area contributed by atoms with E-state index in [-0.39, 0.29) is 0 Å². The Bertz CT molecular complexity index is 402. The Morgan fingerprint density at radius 2 is 2.25 bits per heavy atom. The van der Waals surface area contributed by atoms with Gasteiger partial charge in [-0.05, 0) is 37.0 Å². The molecule has 3 N–H and O–H groups in total. The van der Waals surface area contributed by atoms with Gasteiger partial charge in [-0.15, -0.1) is 0 Å². The molecule has 3 nitrogen and oxygen atoms in total. The molecule has 1 amide bonds. The van der Waals surface area contributed by atoms with Gasteiger partial charge in [-0.2, -0.15) is 0 Å². The van der Waals surface area contributed by atoms with Crippen LogP contribution < -0.4 is 11.1 Å². The van der Waals surface area contributed by atoms with Gasteiger partial charge in [-0.3, -0.25) is 4.79 Å². The van der Waals surface area contributed by atoms with E-state index < -0.39 is 5.91 Å².